The molecule has 6 nitrogen and oxygen atoms in total. The minimum atomic E-state index is -3.87. The Kier molecular flexibility index (Phi) is 4.72. The number of hydrogen-bond acceptors (Lipinski definition) is 5. The van der Waals surface area contributed by atoms with E-state index in [1.165, 1.54) is 36.0 Å². The Balaban J connectivity index is 2.41. The molecule has 8 heteroatoms. The zero-order valence-electron chi connectivity index (χ0n) is 11.9. The van der Waals surface area contributed by atoms with E-state index in [1.54, 1.807) is 24.5 Å². The number of rotatable bonds is 5. The number of hydrogen-bond donors (Lipinski definition) is 1. The van der Waals surface area contributed by atoms with Crippen LogP contribution in [0.25, 0.3) is 0 Å². The number of aryl methyl sites for hydroxylation is 1. The number of nitrogens with zero attached hydrogens (tertiary/aromatic N) is 1. The van der Waals surface area contributed by atoms with Gasteiger partial charge >= 0.3 is 0 Å². The second-order valence-corrected chi connectivity index (χ2v) is 7.12. The van der Waals surface area contributed by atoms with Crippen molar-refractivity contribution in [2.24, 2.45) is 0 Å². The molecule has 0 atom stereocenters. The molecule has 2 aromatic carbocycles. The molecule has 0 spiro atoms. The standard InChI is InChI=1S/C14H14N2O4S2/c1-10-3-6-12(7-4-10)22(19,20)15-13-8-5-11(21-2)9-14(13)16(17)18/h3-9,15H,1-2H3. The number of anilines is 1. The highest BCUT2D eigenvalue weighted by Gasteiger charge is 2.21. The molecule has 2 aromatic rings. The molecule has 0 fully saturated rings. The Morgan fingerprint density at radius 1 is 1.14 bits per heavy atom. The molecule has 0 bridgehead atoms. The first-order valence-corrected chi connectivity index (χ1v) is 8.96. The fourth-order valence-corrected chi connectivity index (χ4v) is 3.30. The summed E-state index contributed by atoms with van der Waals surface area (Å²) in [6.45, 7) is 1.84. The van der Waals surface area contributed by atoms with E-state index in [0.717, 1.165) is 5.56 Å². The maximum atomic E-state index is 12.3. The highest BCUT2D eigenvalue weighted by molar-refractivity contribution is 7.98. The number of nitro benzene ring substituents is 1. The quantitative estimate of drug-likeness (QED) is 0.512. The Bertz CT molecular complexity index is 802. The minimum Gasteiger partial charge on any atom is -0.273 e. The van der Waals surface area contributed by atoms with E-state index in [-0.39, 0.29) is 16.3 Å². The van der Waals surface area contributed by atoms with Crippen LogP contribution < -0.4 is 4.72 Å². The Labute approximate surface area is 132 Å². The molecule has 0 radical (unpaired) electrons. The summed E-state index contributed by atoms with van der Waals surface area (Å²) in [7, 11) is -3.87. The first-order valence-electron chi connectivity index (χ1n) is 6.25. The molecule has 0 unspecified atom stereocenters. The van der Waals surface area contributed by atoms with Crippen LogP contribution in [0.15, 0.2) is 52.3 Å². The van der Waals surface area contributed by atoms with E-state index in [4.69, 9.17) is 0 Å². The second-order valence-electron chi connectivity index (χ2n) is 4.56. The monoisotopic (exact) mass is 338 g/mol. The van der Waals surface area contributed by atoms with Crippen molar-refractivity contribution in [1.29, 1.82) is 0 Å². The molecule has 0 saturated heterocycles. The van der Waals surface area contributed by atoms with Crippen LogP contribution in [-0.4, -0.2) is 19.6 Å². The van der Waals surface area contributed by atoms with Gasteiger partial charge in [-0.1, -0.05) is 17.7 Å². The number of nitrogens with one attached hydrogen (secondary N) is 1. The lowest BCUT2D eigenvalue weighted by Gasteiger charge is -2.09. The van der Waals surface area contributed by atoms with Crippen molar-refractivity contribution in [1.82, 2.24) is 0 Å². The van der Waals surface area contributed by atoms with Gasteiger partial charge in [0.2, 0.25) is 0 Å². The smallest absolute Gasteiger partial charge is 0.273 e. The Hall–Kier alpha value is -2.06. The van der Waals surface area contributed by atoms with Crippen molar-refractivity contribution in [3.8, 4) is 0 Å². The molecule has 0 aliphatic rings. The van der Waals surface area contributed by atoms with Gasteiger partial charge in [0, 0.05) is 11.0 Å². The highest BCUT2D eigenvalue weighted by Crippen LogP contribution is 2.30. The summed E-state index contributed by atoms with van der Waals surface area (Å²) in [6, 6.07) is 10.6. The lowest BCUT2D eigenvalue weighted by molar-refractivity contribution is -0.384. The number of thioether (sulfide) groups is 1. The van der Waals surface area contributed by atoms with E-state index in [2.05, 4.69) is 4.72 Å². The molecule has 0 aliphatic carbocycles. The van der Waals surface area contributed by atoms with Crippen molar-refractivity contribution < 1.29 is 13.3 Å². The van der Waals surface area contributed by atoms with Crippen molar-refractivity contribution in [2.45, 2.75) is 16.7 Å². The zero-order valence-corrected chi connectivity index (χ0v) is 13.6. The van der Waals surface area contributed by atoms with Crippen molar-refractivity contribution in [3.63, 3.8) is 0 Å². The molecule has 0 amide bonds. The van der Waals surface area contributed by atoms with Gasteiger partial charge in [-0.15, -0.1) is 11.8 Å². The Morgan fingerprint density at radius 3 is 2.32 bits per heavy atom. The summed E-state index contributed by atoms with van der Waals surface area (Å²) in [5, 5.41) is 11.1. The lowest BCUT2D eigenvalue weighted by atomic mass is 10.2. The molecule has 0 aliphatic heterocycles. The molecule has 0 saturated carbocycles. The van der Waals surface area contributed by atoms with Gasteiger partial charge in [0.1, 0.15) is 5.69 Å². The van der Waals surface area contributed by atoms with Crippen LogP contribution in [-0.2, 0) is 10.0 Å². The molecule has 0 heterocycles. The van der Waals surface area contributed by atoms with Crippen molar-refractivity contribution >= 4 is 33.2 Å². The van der Waals surface area contributed by atoms with E-state index in [9.17, 15) is 18.5 Å². The van der Waals surface area contributed by atoms with E-state index >= 15 is 0 Å². The summed E-state index contributed by atoms with van der Waals surface area (Å²) in [5.41, 5.74) is 0.597. The third-order valence-corrected chi connectivity index (χ3v) is 5.08. The van der Waals surface area contributed by atoms with Gasteiger partial charge in [-0.2, -0.15) is 0 Å². The lowest BCUT2D eigenvalue weighted by Crippen LogP contribution is -2.14. The van der Waals surface area contributed by atoms with Gasteiger partial charge in [-0.05, 0) is 37.4 Å². The first-order chi connectivity index (χ1) is 10.3. The van der Waals surface area contributed by atoms with Gasteiger partial charge in [0.25, 0.3) is 15.7 Å². The molecule has 0 aromatic heterocycles. The van der Waals surface area contributed by atoms with Crippen LogP contribution in [0, 0.1) is 17.0 Å². The summed E-state index contributed by atoms with van der Waals surface area (Å²) in [6.07, 6.45) is 1.79. The van der Waals surface area contributed by atoms with Gasteiger partial charge in [-0.25, -0.2) is 8.42 Å². The second kappa shape index (κ2) is 6.37. The van der Waals surface area contributed by atoms with Crippen LogP contribution in [0.5, 0.6) is 0 Å². The number of sulfonamides is 1. The first kappa shape index (κ1) is 16.3. The summed E-state index contributed by atoms with van der Waals surface area (Å²) in [4.78, 5) is 11.3. The van der Waals surface area contributed by atoms with Gasteiger partial charge in [-0.3, -0.25) is 14.8 Å². The summed E-state index contributed by atoms with van der Waals surface area (Å²) < 4.78 is 26.9. The van der Waals surface area contributed by atoms with E-state index < -0.39 is 14.9 Å². The maximum absolute atomic E-state index is 12.3. The van der Waals surface area contributed by atoms with Crippen LogP contribution in [0.3, 0.4) is 0 Å². The van der Waals surface area contributed by atoms with E-state index in [1.807, 2.05) is 6.92 Å². The number of benzene rings is 2. The van der Waals surface area contributed by atoms with Crippen LogP contribution in [0.2, 0.25) is 0 Å². The largest absolute Gasteiger partial charge is 0.294 e. The highest BCUT2D eigenvalue weighted by atomic mass is 32.2. The molecule has 2 rings (SSSR count). The van der Waals surface area contributed by atoms with Crippen LogP contribution in [0.1, 0.15) is 5.56 Å². The van der Waals surface area contributed by atoms with Crippen LogP contribution in [0.4, 0.5) is 11.4 Å². The van der Waals surface area contributed by atoms with Gasteiger partial charge < -0.3 is 0 Å². The molecular weight excluding hydrogens is 324 g/mol. The van der Waals surface area contributed by atoms with Crippen LogP contribution >= 0.6 is 11.8 Å². The minimum absolute atomic E-state index is 0.0524. The molecule has 116 valence electrons. The summed E-state index contributed by atoms with van der Waals surface area (Å²) in [5.74, 6) is 0. The molecule has 1 N–H and O–H groups in total. The predicted octanol–water partition coefficient (Wildman–Crippen LogP) is 3.43. The SMILES string of the molecule is CSc1ccc(NS(=O)(=O)c2ccc(C)cc2)c([N+](=O)[O-])c1. The number of nitro groups is 1. The molecular formula is C14H14N2O4S2. The van der Waals surface area contributed by atoms with Crippen molar-refractivity contribution in [2.75, 3.05) is 11.0 Å². The fourth-order valence-electron chi connectivity index (χ4n) is 1.80. The fraction of sp³-hybridized carbons (Fsp3) is 0.143. The van der Waals surface area contributed by atoms with Gasteiger partial charge in [0.05, 0.1) is 9.82 Å². The van der Waals surface area contributed by atoms with E-state index in [0.29, 0.717) is 4.90 Å². The normalized spacial score (nSPS) is 11.2. The Morgan fingerprint density at radius 2 is 1.77 bits per heavy atom. The topological polar surface area (TPSA) is 89.3 Å². The average molecular weight is 338 g/mol. The van der Waals surface area contributed by atoms with Crippen molar-refractivity contribution in [3.05, 3.63) is 58.1 Å². The van der Waals surface area contributed by atoms with Gasteiger partial charge in [0.15, 0.2) is 0 Å². The average Bonchev–Trinajstić information content (AvgIpc) is 2.47. The summed E-state index contributed by atoms with van der Waals surface area (Å²) >= 11 is 1.34. The maximum Gasteiger partial charge on any atom is 0.294 e. The molecule has 22 heavy (non-hydrogen) atoms. The predicted molar refractivity (Wildman–Crippen MR) is 86.9 cm³/mol. The third kappa shape index (κ3) is 3.58. The third-order valence-electron chi connectivity index (χ3n) is 2.98. The zero-order chi connectivity index (χ0) is 16.3.